The van der Waals surface area contributed by atoms with Crippen molar-refractivity contribution < 1.29 is 63.9 Å². The molecule has 0 saturated carbocycles. The van der Waals surface area contributed by atoms with Crippen molar-refractivity contribution in [1.82, 2.24) is 0 Å². The Hall–Kier alpha value is -1.42. The Morgan fingerprint density at radius 2 is 1.00 bits per heavy atom. The van der Waals surface area contributed by atoms with Crippen molar-refractivity contribution in [2.45, 2.75) is 103 Å². The van der Waals surface area contributed by atoms with Crippen LogP contribution < -0.4 is 0 Å². The van der Waals surface area contributed by atoms with Crippen molar-refractivity contribution in [3.8, 4) is 0 Å². The molecule has 0 aromatic heterocycles. The maximum absolute atomic E-state index is 12.1. The lowest BCUT2D eigenvalue weighted by Gasteiger charge is -2.45. The molecule has 13 heteroatoms. The van der Waals surface area contributed by atoms with Crippen LogP contribution in [0.15, 0.2) is 0 Å². The fourth-order valence-corrected chi connectivity index (χ4v) is 3.86. The highest BCUT2D eigenvalue weighted by Gasteiger charge is 2.49. The molecular formula is C24H42O13. The van der Waals surface area contributed by atoms with E-state index in [1.807, 2.05) is 0 Å². The van der Waals surface area contributed by atoms with Crippen LogP contribution in [0.3, 0.4) is 0 Å². The van der Waals surface area contributed by atoms with Crippen LogP contribution in [-0.4, -0.2) is 117 Å². The van der Waals surface area contributed by atoms with Gasteiger partial charge in [-0.1, -0.05) is 13.8 Å². The number of carbonyl (C=O) groups is 2. The Morgan fingerprint density at radius 3 is 1.30 bits per heavy atom. The molecule has 37 heavy (non-hydrogen) atoms. The third-order valence-corrected chi connectivity index (χ3v) is 7.36. The van der Waals surface area contributed by atoms with Gasteiger partial charge in [0.05, 0.1) is 48.5 Å². The van der Waals surface area contributed by atoms with E-state index >= 15 is 0 Å². The third-order valence-electron chi connectivity index (χ3n) is 7.36. The Morgan fingerprint density at radius 1 is 0.676 bits per heavy atom. The van der Waals surface area contributed by atoms with Crippen LogP contribution in [0.5, 0.6) is 0 Å². The number of hydrogen-bond acceptors (Lipinski definition) is 13. The van der Waals surface area contributed by atoms with Crippen molar-refractivity contribution in [3.05, 3.63) is 0 Å². The first-order valence-electron chi connectivity index (χ1n) is 12.5. The maximum Gasteiger partial charge on any atom is 0.311 e. The predicted molar refractivity (Wildman–Crippen MR) is 124 cm³/mol. The number of ether oxygens (including phenoxy) is 5. The first-order valence-corrected chi connectivity index (χ1v) is 12.5. The van der Waals surface area contributed by atoms with Crippen molar-refractivity contribution in [1.29, 1.82) is 0 Å². The van der Waals surface area contributed by atoms with Gasteiger partial charge in [-0.15, -0.1) is 0 Å². The molecule has 2 heterocycles. The van der Waals surface area contributed by atoms with Crippen molar-refractivity contribution in [2.24, 2.45) is 23.7 Å². The maximum atomic E-state index is 12.1. The molecule has 2 aliphatic heterocycles. The average molecular weight is 539 g/mol. The summed E-state index contributed by atoms with van der Waals surface area (Å²) < 4.78 is 27.4. The molecule has 216 valence electrons. The van der Waals surface area contributed by atoms with Gasteiger partial charge in [0.2, 0.25) is 0 Å². The lowest BCUT2D eigenvalue weighted by Crippen LogP contribution is -2.60. The van der Waals surface area contributed by atoms with Gasteiger partial charge in [-0.05, 0) is 27.7 Å². The van der Waals surface area contributed by atoms with E-state index in [1.165, 1.54) is 27.7 Å². The van der Waals surface area contributed by atoms with Crippen LogP contribution in [0.4, 0.5) is 0 Å². The van der Waals surface area contributed by atoms with Crippen molar-refractivity contribution in [2.75, 3.05) is 13.2 Å². The van der Waals surface area contributed by atoms with Gasteiger partial charge in [-0.25, -0.2) is 0 Å². The summed E-state index contributed by atoms with van der Waals surface area (Å²) in [6, 6.07) is 0. The SMILES string of the molecule is CC1C(COC(=O)[C@H](C)C(C)O)OC(OC2OC(COC(=O)[C@H](C)[C@@H](C)O)[C@H](C)C(O)C2O)C(O)C1O. The van der Waals surface area contributed by atoms with Gasteiger partial charge in [-0.3, -0.25) is 9.59 Å². The van der Waals surface area contributed by atoms with Crippen molar-refractivity contribution in [3.63, 3.8) is 0 Å². The van der Waals surface area contributed by atoms with E-state index in [4.69, 9.17) is 23.7 Å². The number of aliphatic hydroxyl groups is 6. The zero-order valence-corrected chi connectivity index (χ0v) is 22.0. The normalized spacial score (nSPS) is 39.8. The first kappa shape index (κ1) is 31.8. The molecule has 2 rings (SSSR count). The predicted octanol–water partition coefficient (Wildman–Crippen LogP) is -1.71. The topological polar surface area (TPSA) is 202 Å². The van der Waals surface area contributed by atoms with Gasteiger partial charge < -0.3 is 54.3 Å². The number of hydrogen-bond donors (Lipinski definition) is 6. The molecule has 14 atom stereocenters. The molecular weight excluding hydrogens is 496 g/mol. The second-order valence-electron chi connectivity index (χ2n) is 10.2. The van der Waals surface area contributed by atoms with E-state index in [0.29, 0.717) is 0 Å². The van der Waals surface area contributed by atoms with E-state index in [-0.39, 0.29) is 13.2 Å². The molecule has 0 aromatic carbocycles. The largest absolute Gasteiger partial charge is 0.463 e. The Kier molecular flexibility index (Phi) is 11.7. The highest BCUT2D eigenvalue weighted by Crippen LogP contribution is 2.32. The number of rotatable bonds is 10. The van der Waals surface area contributed by atoms with Crippen molar-refractivity contribution >= 4 is 11.9 Å². The summed E-state index contributed by atoms with van der Waals surface area (Å²) in [5.41, 5.74) is 0. The molecule has 6 N–H and O–H groups in total. The Labute approximate surface area is 216 Å². The second-order valence-corrected chi connectivity index (χ2v) is 10.2. The average Bonchev–Trinajstić information content (AvgIpc) is 2.85. The molecule has 0 aliphatic carbocycles. The quantitative estimate of drug-likeness (QED) is 0.172. The zero-order chi connectivity index (χ0) is 28.2. The lowest BCUT2D eigenvalue weighted by atomic mass is 9.90. The minimum absolute atomic E-state index is 0.297. The van der Waals surface area contributed by atoms with Gasteiger partial charge in [-0.2, -0.15) is 0 Å². The Bertz CT molecular complexity index is 686. The second kappa shape index (κ2) is 13.6. The smallest absolute Gasteiger partial charge is 0.311 e. The summed E-state index contributed by atoms with van der Waals surface area (Å²) >= 11 is 0. The van der Waals surface area contributed by atoms with Crippen LogP contribution in [0.2, 0.25) is 0 Å². The highest BCUT2D eigenvalue weighted by molar-refractivity contribution is 5.73. The van der Waals surface area contributed by atoms with Gasteiger partial charge in [0, 0.05) is 11.8 Å². The molecule has 0 spiro atoms. The van der Waals surface area contributed by atoms with Crippen LogP contribution in [0, 0.1) is 23.7 Å². The summed E-state index contributed by atoms with van der Waals surface area (Å²) in [7, 11) is 0. The monoisotopic (exact) mass is 538 g/mol. The summed E-state index contributed by atoms with van der Waals surface area (Å²) in [5, 5.41) is 61.2. The lowest BCUT2D eigenvalue weighted by molar-refractivity contribution is -0.369. The van der Waals surface area contributed by atoms with Crippen LogP contribution in [-0.2, 0) is 33.3 Å². The molecule has 2 aliphatic rings. The van der Waals surface area contributed by atoms with E-state index in [2.05, 4.69) is 0 Å². The fourth-order valence-electron chi connectivity index (χ4n) is 3.86. The molecule has 2 saturated heterocycles. The van der Waals surface area contributed by atoms with E-state index < -0.39 is 97.0 Å². The third kappa shape index (κ3) is 7.80. The van der Waals surface area contributed by atoms with E-state index in [9.17, 15) is 40.2 Å². The standard InChI is InChI=1S/C24H42O13/c1-9(13(5)25)21(31)33-7-15-11(3)17(27)19(29)23(35-15)37-24-20(30)18(28)12(4)16(36-24)8-34-22(32)10(2)14(6)26/h9-20,23-30H,7-8H2,1-6H3/t9-,10-,11+,12?,13-,14?,15?,16?,17?,18?,19?,20?,23?,24?/m1/s1. The molecule has 0 radical (unpaired) electrons. The minimum atomic E-state index is -1.56. The molecule has 0 amide bonds. The number of esters is 2. The van der Waals surface area contributed by atoms with E-state index in [1.54, 1.807) is 13.8 Å². The van der Waals surface area contributed by atoms with Gasteiger partial charge >= 0.3 is 11.9 Å². The highest BCUT2D eigenvalue weighted by atomic mass is 16.8. The fraction of sp³-hybridized carbons (Fsp3) is 0.917. The number of carbonyl (C=O) groups excluding carboxylic acids is 2. The van der Waals surface area contributed by atoms with Crippen LogP contribution in [0.1, 0.15) is 41.5 Å². The first-order chi connectivity index (χ1) is 17.2. The molecule has 13 nitrogen and oxygen atoms in total. The van der Waals surface area contributed by atoms with E-state index in [0.717, 1.165) is 0 Å². The molecule has 10 unspecified atom stereocenters. The Balaban J connectivity index is 2.06. The molecule has 0 aromatic rings. The van der Waals surface area contributed by atoms with Gasteiger partial charge in [0.15, 0.2) is 12.6 Å². The summed E-state index contributed by atoms with van der Waals surface area (Å²) in [6.07, 6.45) is -12.5. The summed E-state index contributed by atoms with van der Waals surface area (Å²) in [6.45, 7) is 8.45. The molecule has 0 bridgehead atoms. The molecule has 2 fully saturated rings. The number of aliphatic hydroxyl groups excluding tert-OH is 6. The van der Waals surface area contributed by atoms with Crippen LogP contribution >= 0.6 is 0 Å². The summed E-state index contributed by atoms with van der Waals surface area (Å²) in [4.78, 5) is 24.2. The van der Waals surface area contributed by atoms with Gasteiger partial charge in [0.25, 0.3) is 0 Å². The minimum Gasteiger partial charge on any atom is -0.463 e. The van der Waals surface area contributed by atoms with Gasteiger partial charge in [0.1, 0.15) is 25.4 Å². The summed E-state index contributed by atoms with van der Waals surface area (Å²) in [5.74, 6) is -4.26. The van der Waals surface area contributed by atoms with Crippen LogP contribution in [0.25, 0.3) is 0 Å². The zero-order valence-electron chi connectivity index (χ0n) is 22.0.